The maximum atomic E-state index is 4.19. The van der Waals surface area contributed by atoms with Gasteiger partial charge in [0.1, 0.15) is 0 Å². The predicted molar refractivity (Wildman–Crippen MR) is 45.2 cm³/mol. The van der Waals surface area contributed by atoms with Gasteiger partial charge in [0.2, 0.25) is 0 Å². The Morgan fingerprint density at radius 1 is 0.900 bits per heavy atom. The first kappa shape index (κ1) is 7.45. The Bertz CT molecular complexity index is 148. The van der Waals surface area contributed by atoms with Crippen LogP contribution in [0.5, 0.6) is 0 Å². The minimum absolute atomic E-state index is 1.13. The highest BCUT2D eigenvalue weighted by atomic mass is 14.8. The lowest BCUT2D eigenvalue weighted by molar-refractivity contribution is 0.775. The first-order valence-corrected chi connectivity index (χ1v) is 3.80. The van der Waals surface area contributed by atoms with Gasteiger partial charge in [0.25, 0.3) is 0 Å². The van der Waals surface area contributed by atoms with Crippen molar-refractivity contribution >= 4 is 11.4 Å². The summed E-state index contributed by atoms with van der Waals surface area (Å²) in [5, 5.41) is 0. The molecule has 0 radical (unpaired) electrons. The van der Waals surface area contributed by atoms with Crippen LogP contribution in [0.4, 0.5) is 0 Å². The van der Waals surface area contributed by atoms with Crippen LogP contribution in [0.3, 0.4) is 0 Å². The Morgan fingerprint density at radius 2 is 1.30 bits per heavy atom. The van der Waals surface area contributed by atoms with Crippen molar-refractivity contribution in [1.82, 2.24) is 0 Å². The minimum Gasteiger partial charge on any atom is -0.291 e. The first-order valence-electron chi connectivity index (χ1n) is 3.80. The highest BCUT2D eigenvalue weighted by Gasteiger charge is 2.12. The van der Waals surface area contributed by atoms with Gasteiger partial charge in [-0.1, -0.05) is 0 Å². The molecule has 56 valence electrons. The Balaban J connectivity index is 2.69. The van der Waals surface area contributed by atoms with Crippen molar-refractivity contribution in [3.63, 3.8) is 0 Å². The van der Waals surface area contributed by atoms with E-state index in [0.29, 0.717) is 0 Å². The number of aliphatic imine (C=N–C) groups is 2. The van der Waals surface area contributed by atoms with Gasteiger partial charge in [-0.05, 0) is 25.7 Å². The molecule has 0 aromatic carbocycles. The largest absolute Gasteiger partial charge is 0.291 e. The van der Waals surface area contributed by atoms with E-state index in [1.54, 1.807) is 0 Å². The Labute approximate surface area is 62.1 Å². The summed E-state index contributed by atoms with van der Waals surface area (Å²) >= 11 is 0. The van der Waals surface area contributed by atoms with E-state index in [0.717, 1.165) is 12.8 Å². The summed E-state index contributed by atoms with van der Waals surface area (Å²) in [4.78, 5) is 8.37. The van der Waals surface area contributed by atoms with Crippen molar-refractivity contribution < 1.29 is 0 Å². The van der Waals surface area contributed by atoms with Gasteiger partial charge in [-0.15, -0.1) is 0 Å². The summed E-state index contributed by atoms with van der Waals surface area (Å²) in [6.07, 6.45) is 4.82. The molecule has 0 aliphatic heterocycles. The summed E-state index contributed by atoms with van der Waals surface area (Å²) in [5.41, 5.74) is 2.43. The molecule has 1 aliphatic rings. The maximum absolute atomic E-state index is 4.19. The molecule has 0 amide bonds. The van der Waals surface area contributed by atoms with Gasteiger partial charge in [0, 0.05) is 14.1 Å². The van der Waals surface area contributed by atoms with Crippen LogP contribution < -0.4 is 0 Å². The second-order valence-corrected chi connectivity index (χ2v) is 2.55. The van der Waals surface area contributed by atoms with Gasteiger partial charge in [-0.25, -0.2) is 0 Å². The first-order chi connectivity index (χ1) is 4.88. The molecule has 0 atom stereocenters. The molecule has 2 nitrogen and oxygen atoms in total. The standard InChI is InChI=1S/C8H14N2/c1-9-7-5-3-4-6-8(7)10-2/h3-6H2,1-2H3/b9-7-,10-8-. The maximum Gasteiger partial charge on any atom is 0.0554 e. The van der Waals surface area contributed by atoms with Crippen LogP contribution in [0.15, 0.2) is 9.98 Å². The van der Waals surface area contributed by atoms with Crippen LogP contribution in [0, 0.1) is 0 Å². The molecule has 1 saturated carbocycles. The highest BCUT2D eigenvalue weighted by Crippen LogP contribution is 2.12. The van der Waals surface area contributed by atoms with Crippen LogP contribution in [-0.2, 0) is 0 Å². The van der Waals surface area contributed by atoms with E-state index in [2.05, 4.69) is 9.98 Å². The SMILES string of the molecule is C/N=C1/CCCC/C1=N/C. The minimum atomic E-state index is 1.13. The molecule has 0 heterocycles. The van der Waals surface area contributed by atoms with Crippen molar-refractivity contribution in [2.24, 2.45) is 9.98 Å². The number of rotatable bonds is 0. The lowest BCUT2D eigenvalue weighted by Crippen LogP contribution is -2.18. The second-order valence-electron chi connectivity index (χ2n) is 2.55. The van der Waals surface area contributed by atoms with Crippen molar-refractivity contribution in [3.8, 4) is 0 Å². The average molecular weight is 138 g/mol. The number of nitrogens with zero attached hydrogens (tertiary/aromatic N) is 2. The van der Waals surface area contributed by atoms with Crippen LogP contribution in [0.2, 0.25) is 0 Å². The van der Waals surface area contributed by atoms with E-state index in [4.69, 9.17) is 0 Å². The monoisotopic (exact) mass is 138 g/mol. The molecule has 0 aromatic rings. The van der Waals surface area contributed by atoms with Crippen LogP contribution in [0.1, 0.15) is 25.7 Å². The molecule has 0 aromatic heterocycles. The number of hydrogen-bond acceptors (Lipinski definition) is 2. The topological polar surface area (TPSA) is 24.7 Å². The fourth-order valence-corrected chi connectivity index (χ4v) is 1.36. The van der Waals surface area contributed by atoms with Crippen LogP contribution in [-0.4, -0.2) is 25.5 Å². The Hall–Kier alpha value is -0.660. The molecule has 0 bridgehead atoms. The Morgan fingerprint density at radius 3 is 1.60 bits per heavy atom. The normalized spacial score (nSPS) is 27.8. The molecule has 1 aliphatic carbocycles. The van der Waals surface area contributed by atoms with E-state index in [1.807, 2.05) is 14.1 Å². The molecule has 1 fully saturated rings. The molecule has 0 unspecified atom stereocenters. The van der Waals surface area contributed by atoms with Crippen molar-refractivity contribution in [2.45, 2.75) is 25.7 Å². The second kappa shape index (κ2) is 3.49. The summed E-state index contributed by atoms with van der Waals surface area (Å²) in [6.45, 7) is 0. The van der Waals surface area contributed by atoms with E-state index < -0.39 is 0 Å². The highest BCUT2D eigenvalue weighted by molar-refractivity contribution is 6.42. The third-order valence-electron chi connectivity index (χ3n) is 1.95. The number of hydrogen-bond donors (Lipinski definition) is 0. The van der Waals surface area contributed by atoms with Crippen molar-refractivity contribution in [1.29, 1.82) is 0 Å². The molecule has 0 saturated heterocycles. The van der Waals surface area contributed by atoms with Gasteiger partial charge in [0.05, 0.1) is 11.4 Å². The van der Waals surface area contributed by atoms with Gasteiger partial charge in [0.15, 0.2) is 0 Å². The molecule has 10 heavy (non-hydrogen) atoms. The lowest BCUT2D eigenvalue weighted by Gasteiger charge is -2.13. The smallest absolute Gasteiger partial charge is 0.0554 e. The zero-order valence-electron chi connectivity index (χ0n) is 6.72. The van der Waals surface area contributed by atoms with E-state index >= 15 is 0 Å². The summed E-state index contributed by atoms with van der Waals surface area (Å²) in [5.74, 6) is 0. The van der Waals surface area contributed by atoms with Gasteiger partial charge >= 0.3 is 0 Å². The van der Waals surface area contributed by atoms with E-state index in [9.17, 15) is 0 Å². The molecule has 0 spiro atoms. The molecule has 1 rings (SSSR count). The molecular weight excluding hydrogens is 124 g/mol. The fraction of sp³-hybridized carbons (Fsp3) is 0.750. The molecule has 2 heteroatoms. The zero-order chi connectivity index (χ0) is 7.40. The molecular formula is C8H14N2. The van der Waals surface area contributed by atoms with Gasteiger partial charge in [-0.2, -0.15) is 0 Å². The summed E-state index contributed by atoms with van der Waals surface area (Å²) < 4.78 is 0. The predicted octanol–water partition coefficient (Wildman–Crippen LogP) is 1.70. The lowest BCUT2D eigenvalue weighted by atomic mass is 9.96. The van der Waals surface area contributed by atoms with Crippen molar-refractivity contribution in [2.75, 3.05) is 14.1 Å². The van der Waals surface area contributed by atoms with E-state index in [1.165, 1.54) is 24.3 Å². The summed E-state index contributed by atoms with van der Waals surface area (Å²) in [6, 6.07) is 0. The fourth-order valence-electron chi connectivity index (χ4n) is 1.36. The van der Waals surface area contributed by atoms with E-state index in [-0.39, 0.29) is 0 Å². The Kier molecular flexibility index (Phi) is 2.60. The third kappa shape index (κ3) is 1.43. The zero-order valence-corrected chi connectivity index (χ0v) is 6.72. The van der Waals surface area contributed by atoms with Gasteiger partial charge in [-0.3, -0.25) is 9.98 Å². The average Bonchev–Trinajstić information content (AvgIpc) is 2.04. The van der Waals surface area contributed by atoms with Crippen LogP contribution >= 0.6 is 0 Å². The van der Waals surface area contributed by atoms with Crippen molar-refractivity contribution in [3.05, 3.63) is 0 Å². The third-order valence-corrected chi connectivity index (χ3v) is 1.95. The summed E-state index contributed by atoms with van der Waals surface area (Å²) in [7, 11) is 3.71. The van der Waals surface area contributed by atoms with Crippen LogP contribution in [0.25, 0.3) is 0 Å². The molecule has 0 N–H and O–H groups in total. The van der Waals surface area contributed by atoms with Gasteiger partial charge < -0.3 is 0 Å². The quantitative estimate of drug-likeness (QED) is 0.487.